The van der Waals surface area contributed by atoms with Crippen molar-refractivity contribution in [1.82, 2.24) is 14.5 Å². The van der Waals surface area contributed by atoms with Gasteiger partial charge >= 0.3 is 6.03 Å². The van der Waals surface area contributed by atoms with Crippen LogP contribution in [0.2, 0.25) is 0 Å². The van der Waals surface area contributed by atoms with E-state index in [1.54, 1.807) is 25.1 Å². The second-order valence-corrected chi connectivity index (χ2v) is 7.47. The maximum atomic E-state index is 12.3. The van der Waals surface area contributed by atoms with E-state index in [1.807, 2.05) is 42.0 Å². The third-order valence-electron chi connectivity index (χ3n) is 3.63. The molecule has 26 heavy (non-hydrogen) atoms. The number of para-hydroxylation sites is 1. The second kappa shape index (κ2) is 7.01. The molecule has 2 amide bonds. The molecule has 134 valence electrons. The number of nitrogens with zero attached hydrogens (tertiary/aromatic N) is 2. The third-order valence-corrected chi connectivity index (χ3v) is 4.98. The number of hydrogen-bond acceptors (Lipinski definition) is 4. The number of hydrogen-bond donors (Lipinski definition) is 2. The number of carbonyl (C=O) groups excluding carboxylic acids is 1. The highest BCUT2D eigenvalue weighted by molar-refractivity contribution is 7.90. The standard InChI is InChI=1S/C18H18N4O3S/c1-13-8-10-16(11-9-13)26(24,25)21-18(23)19-17-12-14(2)20-22(17)15-6-4-3-5-7-15/h3-12H,1-2H3,(H2,19,21,23). The van der Waals surface area contributed by atoms with E-state index in [4.69, 9.17) is 0 Å². The summed E-state index contributed by atoms with van der Waals surface area (Å²) in [7, 11) is -3.96. The molecule has 0 spiro atoms. The number of aryl methyl sites for hydroxylation is 2. The Labute approximate surface area is 151 Å². The van der Waals surface area contributed by atoms with Gasteiger partial charge in [-0.25, -0.2) is 22.6 Å². The zero-order valence-electron chi connectivity index (χ0n) is 14.3. The topological polar surface area (TPSA) is 93.1 Å². The normalized spacial score (nSPS) is 11.2. The monoisotopic (exact) mass is 370 g/mol. The van der Waals surface area contributed by atoms with E-state index in [0.29, 0.717) is 11.5 Å². The van der Waals surface area contributed by atoms with E-state index in [2.05, 4.69) is 10.4 Å². The largest absolute Gasteiger partial charge is 0.334 e. The number of nitrogens with one attached hydrogen (secondary N) is 2. The Bertz CT molecular complexity index is 1030. The molecule has 0 fully saturated rings. The minimum absolute atomic E-state index is 0.0194. The van der Waals surface area contributed by atoms with Crippen LogP contribution in [0.4, 0.5) is 10.6 Å². The number of rotatable bonds is 4. The fourth-order valence-corrected chi connectivity index (χ4v) is 3.30. The molecule has 0 saturated heterocycles. The first kappa shape index (κ1) is 17.7. The number of aromatic nitrogens is 2. The summed E-state index contributed by atoms with van der Waals surface area (Å²) in [5.41, 5.74) is 2.36. The molecule has 0 aliphatic rings. The maximum Gasteiger partial charge on any atom is 0.334 e. The number of amides is 2. The highest BCUT2D eigenvalue weighted by Crippen LogP contribution is 2.17. The van der Waals surface area contributed by atoms with Crippen LogP contribution in [-0.4, -0.2) is 24.2 Å². The Morgan fingerprint density at radius 2 is 1.65 bits per heavy atom. The Hall–Kier alpha value is -3.13. The summed E-state index contributed by atoms with van der Waals surface area (Å²) in [5, 5.41) is 6.86. The lowest BCUT2D eigenvalue weighted by Crippen LogP contribution is -2.34. The number of urea groups is 1. The fourth-order valence-electron chi connectivity index (χ4n) is 2.39. The average molecular weight is 370 g/mol. The minimum Gasteiger partial charge on any atom is -0.291 e. The summed E-state index contributed by atoms with van der Waals surface area (Å²) in [6.45, 7) is 3.63. The zero-order chi connectivity index (χ0) is 18.7. The van der Waals surface area contributed by atoms with Crippen LogP contribution in [-0.2, 0) is 10.0 Å². The van der Waals surface area contributed by atoms with Gasteiger partial charge in [-0.2, -0.15) is 5.10 Å². The first-order valence-electron chi connectivity index (χ1n) is 7.88. The fraction of sp³-hybridized carbons (Fsp3) is 0.111. The van der Waals surface area contributed by atoms with Gasteiger partial charge in [0.15, 0.2) is 0 Å². The van der Waals surface area contributed by atoms with Crippen molar-refractivity contribution in [2.24, 2.45) is 0 Å². The molecule has 3 aromatic rings. The molecule has 2 N–H and O–H groups in total. The Kier molecular flexibility index (Phi) is 4.77. The van der Waals surface area contributed by atoms with Gasteiger partial charge in [-0.05, 0) is 38.1 Å². The van der Waals surface area contributed by atoms with Gasteiger partial charge in [0.2, 0.25) is 0 Å². The SMILES string of the molecule is Cc1ccc(S(=O)(=O)NC(=O)Nc2cc(C)nn2-c2ccccc2)cc1. The number of sulfonamides is 1. The van der Waals surface area contributed by atoms with E-state index >= 15 is 0 Å². The second-order valence-electron chi connectivity index (χ2n) is 5.79. The lowest BCUT2D eigenvalue weighted by Gasteiger charge is -2.10. The van der Waals surface area contributed by atoms with Gasteiger partial charge in [0.25, 0.3) is 10.0 Å². The Morgan fingerprint density at radius 3 is 2.31 bits per heavy atom. The molecule has 0 aliphatic carbocycles. The summed E-state index contributed by atoms with van der Waals surface area (Å²) in [5.74, 6) is 0.366. The molecule has 8 heteroatoms. The summed E-state index contributed by atoms with van der Waals surface area (Å²) < 4.78 is 28.2. The number of carbonyl (C=O) groups is 1. The van der Waals surface area contributed by atoms with Gasteiger partial charge < -0.3 is 0 Å². The number of anilines is 1. The van der Waals surface area contributed by atoms with Crippen LogP contribution in [0.1, 0.15) is 11.3 Å². The highest BCUT2D eigenvalue weighted by atomic mass is 32.2. The molecule has 3 rings (SSSR count). The van der Waals surface area contributed by atoms with E-state index < -0.39 is 16.1 Å². The molecular formula is C18H18N4O3S. The lowest BCUT2D eigenvalue weighted by atomic mass is 10.2. The van der Waals surface area contributed by atoms with E-state index in [0.717, 1.165) is 11.3 Å². The summed E-state index contributed by atoms with van der Waals surface area (Å²) in [4.78, 5) is 12.2. The quantitative estimate of drug-likeness (QED) is 0.738. The molecule has 0 saturated carbocycles. The van der Waals surface area contributed by atoms with Crippen molar-refractivity contribution in [2.45, 2.75) is 18.7 Å². The van der Waals surface area contributed by atoms with Crippen LogP contribution in [0.5, 0.6) is 0 Å². The summed E-state index contributed by atoms with van der Waals surface area (Å²) >= 11 is 0. The van der Waals surface area contributed by atoms with E-state index in [1.165, 1.54) is 16.8 Å². The van der Waals surface area contributed by atoms with E-state index in [9.17, 15) is 13.2 Å². The van der Waals surface area contributed by atoms with Crippen molar-refractivity contribution in [1.29, 1.82) is 0 Å². The maximum absolute atomic E-state index is 12.3. The average Bonchev–Trinajstić information content (AvgIpc) is 2.95. The molecule has 0 atom stereocenters. The smallest absolute Gasteiger partial charge is 0.291 e. The first-order valence-corrected chi connectivity index (χ1v) is 9.36. The van der Waals surface area contributed by atoms with E-state index in [-0.39, 0.29) is 4.90 Å². The highest BCUT2D eigenvalue weighted by Gasteiger charge is 2.19. The molecule has 1 aromatic heterocycles. The summed E-state index contributed by atoms with van der Waals surface area (Å²) in [6.07, 6.45) is 0. The Morgan fingerprint density at radius 1 is 1.00 bits per heavy atom. The first-order chi connectivity index (χ1) is 12.3. The molecule has 2 aromatic carbocycles. The van der Waals surface area contributed by atoms with Crippen LogP contribution >= 0.6 is 0 Å². The van der Waals surface area contributed by atoms with Crippen LogP contribution in [0.3, 0.4) is 0 Å². The van der Waals surface area contributed by atoms with Crippen molar-refractivity contribution >= 4 is 21.9 Å². The van der Waals surface area contributed by atoms with Gasteiger partial charge in [-0.1, -0.05) is 35.9 Å². The molecule has 1 heterocycles. The van der Waals surface area contributed by atoms with Gasteiger partial charge in [0.05, 0.1) is 16.3 Å². The van der Waals surface area contributed by atoms with Gasteiger partial charge in [0.1, 0.15) is 5.82 Å². The predicted octanol–water partition coefficient (Wildman–Crippen LogP) is 3.00. The van der Waals surface area contributed by atoms with Crippen LogP contribution < -0.4 is 10.0 Å². The minimum atomic E-state index is -3.96. The summed E-state index contributed by atoms with van der Waals surface area (Å²) in [6, 6.07) is 16.3. The van der Waals surface area contributed by atoms with Crippen LogP contribution in [0.15, 0.2) is 65.6 Å². The third kappa shape index (κ3) is 3.92. The Balaban J connectivity index is 1.80. The van der Waals surface area contributed by atoms with Crippen molar-refractivity contribution in [3.8, 4) is 5.69 Å². The predicted molar refractivity (Wildman–Crippen MR) is 98.8 cm³/mol. The van der Waals surface area contributed by atoms with Crippen LogP contribution in [0.25, 0.3) is 5.69 Å². The molecule has 0 unspecified atom stereocenters. The van der Waals surface area contributed by atoms with Gasteiger partial charge in [0, 0.05) is 6.07 Å². The van der Waals surface area contributed by atoms with Crippen molar-refractivity contribution < 1.29 is 13.2 Å². The van der Waals surface area contributed by atoms with Crippen molar-refractivity contribution in [3.63, 3.8) is 0 Å². The molecule has 0 radical (unpaired) electrons. The van der Waals surface area contributed by atoms with Crippen LogP contribution in [0, 0.1) is 13.8 Å². The lowest BCUT2D eigenvalue weighted by molar-refractivity contribution is 0.256. The molecule has 7 nitrogen and oxygen atoms in total. The zero-order valence-corrected chi connectivity index (χ0v) is 15.1. The van der Waals surface area contributed by atoms with Crippen molar-refractivity contribution in [2.75, 3.05) is 5.32 Å². The van der Waals surface area contributed by atoms with Gasteiger partial charge in [-0.3, -0.25) is 5.32 Å². The van der Waals surface area contributed by atoms with Crippen molar-refractivity contribution in [3.05, 3.63) is 71.9 Å². The van der Waals surface area contributed by atoms with Gasteiger partial charge in [-0.15, -0.1) is 0 Å². The molecule has 0 bridgehead atoms. The molecular weight excluding hydrogens is 352 g/mol. The molecule has 0 aliphatic heterocycles. The number of benzene rings is 2.